The lowest BCUT2D eigenvalue weighted by Gasteiger charge is -2.25. The molecular weight excluding hydrogens is 346 g/mol. The van der Waals surface area contributed by atoms with Gasteiger partial charge in [-0.05, 0) is 31.0 Å². The predicted molar refractivity (Wildman–Crippen MR) is 105 cm³/mol. The number of nitro groups is 1. The number of nitrogens with one attached hydrogen (secondary N) is 1. The number of hydrogen-bond acceptors (Lipinski definition) is 5. The number of ether oxygens (including phenoxy) is 1. The van der Waals surface area contributed by atoms with Crippen LogP contribution in [0.25, 0.3) is 0 Å². The van der Waals surface area contributed by atoms with Crippen LogP contribution in [0.3, 0.4) is 0 Å². The number of carbonyl (C=O) groups is 1. The normalized spacial score (nSPS) is 14.3. The number of nitrogens with zero attached hydrogens (tertiary/aromatic N) is 2. The number of amides is 1. The molecule has 0 radical (unpaired) electrons. The van der Waals surface area contributed by atoms with Gasteiger partial charge in [0.2, 0.25) is 0 Å². The third-order valence-corrected chi connectivity index (χ3v) is 4.71. The molecule has 0 unspecified atom stereocenters. The molecule has 1 aliphatic rings. The standard InChI is InChI=1S/C20H23N3O4/c1-27-17-8-6-7-15(13-17)21-20(24)18-14-16(23(25)26)9-10-19(18)22-11-4-2-3-5-12-22/h6-10,13-14H,2-5,11-12H2,1H3,(H,21,24). The minimum atomic E-state index is -0.478. The maximum atomic E-state index is 12.9. The van der Waals surface area contributed by atoms with Gasteiger partial charge in [0.25, 0.3) is 11.6 Å². The summed E-state index contributed by atoms with van der Waals surface area (Å²) >= 11 is 0. The molecule has 0 saturated carbocycles. The van der Waals surface area contributed by atoms with E-state index in [1.807, 2.05) is 0 Å². The Kier molecular flexibility index (Phi) is 5.90. The Labute approximate surface area is 158 Å². The highest BCUT2D eigenvalue weighted by atomic mass is 16.6. The highest BCUT2D eigenvalue weighted by molar-refractivity contribution is 6.08. The molecule has 2 aromatic carbocycles. The number of benzene rings is 2. The number of anilines is 2. The first-order valence-corrected chi connectivity index (χ1v) is 9.07. The number of hydrogen-bond donors (Lipinski definition) is 1. The lowest BCUT2D eigenvalue weighted by molar-refractivity contribution is -0.384. The van der Waals surface area contributed by atoms with E-state index in [4.69, 9.17) is 4.74 Å². The second kappa shape index (κ2) is 8.53. The summed E-state index contributed by atoms with van der Waals surface area (Å²) in [5.74, 6) is 0.255. The van der Waals surface area contributed by atoms with Crippen LogP contribution >= 0.6 is 0 Å². The minimum absolute atomic E-state index is 0.0932. The molecule has 0 atom stereocenters. The van der Waals surface area contributed by atoms with Gasteiger partial charge in [-0.2, -0.15) is 0 Å². The Balaban J connectivity index is 1.93. The van der Waals surface area contributed by atoms with Gasteiger partial charge in [-0.15, -0.1) is 0 Å². The average Bonchev–Trinajstić information content (AvgIpc) is 2.97. The zero-order valence-electron chi connectivity index (χ0n) is 15.3. The summed E-state index contributed by atoms with van der Waals surface area (Å²) < 4.78 is 5.18. The van der Waals surface area contributed by atoms with Crippen LogP contribution in [0.2, 0.25) is 0 Å². The van der Waals surface area contributed by atoms with Gasteiger partial charge in [0.05, 0.1) is 23.3 Å². The molecule has 1 saturated heterocycles. The number of carbonyl (C=O) groups excluding carboxylic acids is 1. The number of nitro benzene ring substituents is 1. The third-order valence-electron chi connectivity index (χ3n) is 4.71. The van der Waals surface area contributed by atoms with Crippen molar-refractivity contribution in [3.05, 3.63) is 58.1 Å². The topological polar surface area (TPSA) is 84.7 Å². The summed E-state index contributed by atoms with van der Waals surface area (Å²) in [6.07, 6.45) is 4.42. The monoisotopic (exact) mass is 369 g/mol. The van der Waals surface area contributed by atoms with Crippen molar-refractivity contribution in [3.63, 3.8) is 0 Å². The molecule has 0 aliphatic carbocycles. The molecule has 2 aromatic rings. The summed E-state index contributed by atoms with van der Waals surface area (Å²) in [5, 5.41) is 14.0. The summed E-state index contributed by atoms with van der Waals surface area (Å²) in [5.41, 5.74) is 1.54. The zero-order chi connectivity index (χ0) is 19.2. The van der Waals surface area contributed by atoms with Crippen molar-refractivity contribution in [1.82, 2.24) is 0 Å². The molecule has 7 heteroatoms. The van der Waals surface area contributed by atoms with Gasteiger partial charge in [0.15, 0.2) is 0 Å². The molecule has 0 bridgehead atoms. The van der Waals surface area contributed by atoms with E-state index in [0.717, 1.165) is 44.5 Å². The Morgan fingerprint density at radius 3 is 2.52 bits per heavy atom. The van der Waals surface area contributed by atoms with E-state index in [1.165, 1.54) is 12.1 Å². The Morgan fingerprint density at radius 2 is 1.85 bits per heavy atom. The van der Waals surface area contributed by atoms with E-state index in [2.05, 4.69) is 10.2 Å². The minimum Gasteiger partial charge on any atom is -0.497 e. The molecule has 0 aromatic heterocycles. The van der Waals surface area contributed by atoms with Crippen molar-refractivity contribution in [1.29, 1.82) is 0 Å². The van der Waals surface area contributed by atoms with Crippen LogP contribution in [0, 0.1) is 10.1 Å². The molecule has 7 nitrogen and oxygen atoms in total. The number of methoxy groups -OCH3 is 1. The van der Waals surface area contributed by atoms with Crippen molar-refractivity contribution in [2.75, 3.05) is 30.4 Å². The SMILES string of the molecule is COc1cccc(NC(=O)c2cc([N+](=O)[O-])ccc2N2CCCCCC2)c1. The maximum absolute atomic E-state index is 12.9. The highest BCUT2D eigenvalue weighted by Crippen LogP contribution is 2.29. The molecule has 1 amide bonds. The largest absolute Gasteiger partial charge is 0.497 e. The van der Waals surface area contributed by atoms with Crippen LogP contribution < -0.4 is 15.0 Å². The van der Waals surface area contributed by atoms with Gasteiger partial charge < -0.3 is 15.0 Å². The third kappa shape index (κ3) is 4.55. The van der Waals surface area contributed by atoms with E-state index in [9.17, 15) is 14.9 Å². The van der Waals surface area contributed by atoms with Crippen molar-refractivity contribution in [2.45, 2.75) is 25.7 Å². The Morgan fingerprint density at radius 1 is 1.11 bits per heavy atom. The second-order valence-corrected chi connectivity index (χ2v) is 6.55. The van der Waals surface area contributed by atoms with Gasteiger partial charge in [-0.25, -0.2) is 0 Å². The van der Waals surface area contributed by atoms with Gasteiger partial charge in [-0.1, -0.05) is 18.9 Å². The fraction of sp³-hybridized carbons (Fsp3) is 0.350. The lowest BCUT2D eigenvalue weighted by Crippen LogP contribution is -2.27. The molecule has 1 aliphatic heterocycles. The summed E-state index contributed by atoms with van der Waals surface area (Å²) in [6, 6.07) is 11.5. The summed E-state index contributed by atoms with van der Waals surface area (Å²) in [7, 11) is 1.55. The Hall–Kier alpha value is -3.09. The average molecular weight is 369 g/mol. The fourth-order valence-electron chi connectivity index (χ4n) is 3.31. The smallest absolute Gasteiger partial charge is 0.270 e. The van der Waals surface area contributed by atoms with Crippen LogP contribution in [0.4, 0.5) is 17.1 Å². The lowest BCUT2D eigenvalue weighted by atomic mass is 10.1. The molecule has 3 rings (SSSR count). The molecule has 1 fully saturated rings. The van der Waals surface area contributed by atoms with Crippen molar-refractivity contribution in [2.24, 2.45) is 0 Å². The van der Waals surface area contributed by atoms with Gasteiger partial charge >= 0.3 is 0 Å². The van der Waals surface area contributed by atoms with E-state index in [-0.39, 0.29) is 11.6 Å². The number of non-ortho nitro benzene ring substituents is 1. The zero-order valence-corrected chi connectivity index (χ0v) is 15.3. The molecule has 1 heterocycles. The molecule has 27 heavy (non-hydrogen) atoms. The van der Waals surface area contributed by atoms with Gasteiger partial charge in [0, 0.05) is 37.0 Å². The van der Waals surface area contributed by atoms with Crippen LogP contribution in [0.1, 0.15) is 36.0 Å². The molecule has 1 N–H and O–H groups in total. The molecular formula is C20H23N3O4. The summed E-state index contributed by atoms with van der Waals surface area (Å²) in [4.78, 5) is 25.8. The van der Waals surface area contributed by atoms with E-state index >= 15 is 0 Å². The highest BCUT2D eigenvalue weighted by Gasteiger charge is 2.21. The van der Waals surface area contributed by atoms with Crippen LogP contribution in [-0.4, -0.2) is 31.0 Å². The van der Waals surface area contributed by atoms with Crippen molar-refractivity contribution >= 4 is 23.0 Å². The fourth-order valence-corrected chi connectivity index (χ4v) is 3.31. The van der Waals surface area contributed by atoms with Gasteiger partial charge in [-0.3, -0.25) is 14.9 Å². The summed E-state index contributed by atoms with van der Waals surface area (Å²) in [6.45, 7) is 1.69. The second-order valence-electron chi connectivity index (χ2n) is 6.55. The first-order valence-electron chi connectivity index (χ1n) is 9.07. The first kappa shape index (κ1) is 18.7. The van der Waals surface area contributed by atoms with E-state index in [0.29, 0.717) is 17.0 Å². The van der Waals surface area contributed by atoms with E-state index in [1.54, 1.807) is 37.4 Å². The number of rotatable bonds is 5. The van der Waals surface area contributed by atoms with Crippen LogP contribution in [-0.2, 0) is 0 Å². The van der Waals surface area contributed by atoms with Crippen LogP contribution in [0.15, 0.2) is 42.5 Å². The van der Waals surface area contributed by atoms with Gasteiger partial charge in [0.1, 0.15) is 5.75 Å². The van der Waals surface area contributed by atoms with Crippen molar-refractivity contribution in [3.8, 4) is 5.75 Å². The quantitative estimate of drug-likeness (QED) is 0.629. The molecule has 0 spiro atoms. The van der Waals surface area contributed by atoms with E-state index < -0.39 is 4.92 Å². The van der Waals surface area contributed by atoms with Crippen molar-refractivity contribution < 1.29 is 14.5 Å². The Bertz CT molecular complexity index is 830. The van der Waals surface area contributed by atoms with Crippen LogP contribution in [0.5, 0.6) is 5.75 Å². The maximum Gasteiger partial charge on any atom is 0.270 e. The first-order chi connectivity index (χ1) is 13.1. The predicted octanol–water partition coefficient (Wildman–Crippen LogP) is 4.24. The molecule has 142 valence electrons.